The van der Waals surface area contributed by atoms with Crippen molar-refractivity contribution < 1.29 is 9.72 Å². The monoisotopic (exact) mass is 393 g/mol. The van der Waals surface area contributed by atoms with Gasteiger partial charge in [0, 0.05) is 37.0 Å². The van der Waals surface area contributed by atoms with Crippen LogP contribution >= 0.6 is 0 Å². The van der Waals surface area contributed by atoms with Crippen LogP contribution in [0.4, 0.5) is 11.4 Å². The van der Waals surface area contributed by atoms with E-state index in [-0.39, 0.29) is 17.6 Å². The number of nitro benzene ring substituents is 1. The second-order valence-electron chi connectivity index (χ2n) is 7.67. The third kappa shape index (κ3) is 5.67. The van der Waals surface area contributed by atoms with Crippen LogP contribution in [0, 0.1) is 16.0 Å². The zero-order valence-electron chi connectivity index (χ0n) is 16.9. The predicted molar refractivity (Wildman–Crippen MR) is 116 cm³/mol. The Kier molecular flexibility index (Phi) is 6.65. The van der Waals surface area contributed by atoms with E-state index >= 15 is 0 Å². The molecule has 1 fully saturated rings. The lowest BCUT2D eigenvalue weighted by molar-refractivity contribution is -0.384. The first kappa shape index (κ1) is 20.6. The Labute approximate surface area is 171 Å². The van der Waals surface area contributed by atoms with E-state index in [1.54, 1.807) is 18.2 Å². The van der Waals surface area contributed by atoms with E-state index in [0.717, 1.165) is 30.1 Å². The average molecular weight is 393 g/mol. The Bertz CT molecular complexity index is 867. The number of amides is 1. The van der Waals surface area contributed by atoms with E-state index in [4.69, 9.17) is 0 Å². The molecular formula is C23H27N3O3. The van der Waals surface area contributed by atoms with Gasteiger partial charge in [-0.05, 0) is 67.2 Å². The minimum atomic E-state index is -0.445. The normalized spacial score (nSPS) is 16.0. The summed E-state index contributed by atoms with van der Waals surface area (Å²) in [6.45, 7) is 6.45. The fraction of sp³-hybridized carbons (Fsp3) is 0.348. The molecule has 1 aliphatic heterocycles. The van der Waals surface area contributed by atoms with Gasteiger partial charge in [0.25, 0.3) is 5.69 Å². The number of benzene rings is 2. The van der Waals surface area contributed by atoms with Crippen molar-refractivity contribution in [3.63, 3.8) is 0 Å². The van der Waals surface area contributed by atoms with Gasteiger partial charge in [0.2, 0.25) is 5.91 Å². The van der Waals surface area contributed by atoms with E-state index in [9.17, 15) is 14.9 Å². The maximum atomic E-state index is 12.2. The predicted octanol–water partition coefficient (Wildman–Crippen LogP) is 4.72. The number of hydrogen-bond donors (Lipinski definition) is 1. The quantitative estimate of drug-likeness (QED) is 0.438. The Balaban J connectivity index is 1.54. The van der Waals surface area contributed by atoms with E-state index in [1.807, 2.05) is 6.92 Å². The molecule has 29 heavy (non-hydrogen) atoms. The number of piperidine rings is 1. The average Bonchev–Trinajstić information content (AvgIpc) is 2.73. The van der Waals surface area contributed by atoms with Crippen LogP contribution in [0.3, 0.4) is 0 Å². The van der Waals surface area contributed by atoms with Crippen molar-refractivity contribution in [3.05, 3.63) is 75.8 Å². The molecule has 0 spiro atoms. The van der Waals surface area contributed by atoms with Gasteiger partial charge in [-0.3, -0.25) is 14.9 Å². The molecule has 2 aromatic carbocycles. The summed E-state index contributed by atoms with van der Waals surface area (Å²) in [6.07, 6.45) is 5.55. The molecule has 152 valence electrons. The molecule has 1 aliphatic rings. The molecule has 1 atom stereocenters. The van der Waals surface area contributed by atoms with Gasteiger partial charge in [-0.25, -0.2) is 0 Å². The fourth-order valence-electron chi connectivity index (χ4n) is 3.46. The summed E-state index contributed by atoms with van der Waals surface area (Å²) in [5, 5.41) is 13.6. The third-order valence-electron chi connectivity index (χ3n) is 5.43. The van der Waals surface area contributed by atoms with Crippen LogP contribution in [0.2, 0.25) is 0 Å². The van der Waals surface area contributed by atoms with Crippen LogP contribution in [0.1, 0.15) is 43.9 Å². The van der Waals surface area contributed by atoms with E-state index in [1.165, 1.54) is 36.7 Å². The molecule has 0 radical (unpaired) electrons. The highest BCUT2D eigenvalue weighted by Gasteiger charge is 2.16. The van der Waals surface area contributed by atoms with Crippen molar-refractivity contribution in [2.24, 2.45) is 5.92 Å². The molecule has 2 aromatic rings. The minimum absolute atomic E-state index is 0.0303. The molecule has 1 heterocycles. The standard InChI is InChI=1S/C23H27N3O3/c1-17-13-15-25(16-14-17)21-10-6-20(7-11-21)18(2)24-23(27)12-5-19-3-8-22(9-4-19)26(28)29/h3-12,17-18H,13-16H2,1-2H3,(H,24,27)/b12-5+. The molecule has 0 aliphatic carbocycles. The van der Waals surface area contributed by atoms with Gasteiger partial charge in [0.1, 0.15) is 0 Å². The highest BCUT2D eigenvalue weighted by Crippen LogP contribution is 2.24. The summed E-state index contributed by atoms with van der Waals surface area (Å²) in [4.78, 5) is 24.9. The van der Waals surface area contributed by atoms with Crippen LogP contribution < -0.4 is 10.2 Å². The summed E-state index contributed by atoms with van der Waals surface area (Å²) in [7, 11) is 0. The summed E-state index contributed by atoms with van der Waals surface area (Å²) >= 11 is 0. The van der Waals surface area contributed by atoms with Gasteiger partial charge in [-0.1, -0.05) is 19.1 Å². The van der Waals surface area contributed by atoms with E-state index in [0.29, 0.717) is 0 Å². The topological polar surface area (TPSA) is 75.5 Å². The van der Waals surface area contributed by atoms with Crippen LogP contribution in [-0.2, 0) is 4.79 Å². The van der Waals surface area contributed by atoms with Crippen LogP contribution in [0.15, 0.2) is 54.6 Å². The zero-order valence-corrected chi connectivity index (χ0v) is 16.9. The van der Waals surface area contributed by atoms with E-state index in [2.05, 4.69) is 41.4 Å². The molecule has 0 bridgehead atoms. The van der Waals surface area contributed by atoms with Crippen molar-refractivity contribution in [1.29, 1.82) is 0 Å². The molecule has 6 heteroatoms. The van der Waals surface area contributed by atoms with E-state index < -0.39 is 4.92 Å². The number of anilines is 1. The van der Waals surface area contributed by atoms with Crippen molar-refractivity contribution in [2.75, 3.05) is 18.0 Å². The molecule has 0 saturated carbocycles. The van der Waals surface area contributed by atoms with Crippen molar-refractivity contribution in [2.45, 2.75) is 32.7 Å². The highest BCUT2D eigenvalue weighted by molar-refractivity contribution is 5.92. The highest BCUT2D eigenvalue weighted by atomic mass is 16.6. The molecule has 1 unspecified atom stereocenters. The Morgan fingerprint density at radius 1 is 1.14 bits per heavy atom. The first-order valence-electron chi connectivity index (χ1n) is 10.0. The fourth-order valence-corrected chi connectivity index (χ4v) is 3.46. The maximum Gasteiger partial charge on any atom is 0.269 e. The summed E-state index contributed by atoms with van der Waals surface area (Å²) in [5.41, 5.74) is 3.05. The summed E-state index contributed by atoms with van der Waals surface area (Å²) in [5.74, 6) is 0.602. The number of non-ortho nitro benzene ring substituents is 1. The largest absolute Gasteiger partial charge is 0.372 e. The number of carbonyl (C=O) groups is 1. The van der Waals surface area contributed by atoms with Gasteiger partial charge in [-0.2, -0.15) is 0 Å². The number of carbonyl (C=O) groups excluding carboxylic acids is 1. The second-order valence-corrected chi connectivity index (χ2v) is 7.67. The van der Waals surface area contributed by atoms with Gasteiger partial charge >= 0.3 is 0 Å². The lowest BCUT2D eigenvalue weighted by atomic mass is 9.98. The first-order chi connectivity index (χ1) is 13.9. The SMILES string of the molecule is CC1CCN(c2ccc(C(C)NC(=O)/C=C/c3ccc([N+](=O)[O-])cc3)cc2)CC1. The van der Waals surface area contributed by atoms with Crippen LogP contribution in [-0.4, -0.2) is 23.9 Å². The first-order valence-corrected chi connectivity index (χ1v) is 10.0. The number of nitrogens with zero attached hydrogens (tertiary/aromatic N) is 2. The number of nitro groups is 1. The van der Waals surface area contributed by atoms with Gasteiger partial charge < -0.3 is 10.2 Å². The van der Waals surface area contributed by atoms with Gasteiger partial charge in [0.15, 0.2) is 0 Å². The lowest BCUT2D eigenvalue weighted by Crippen LogP contribution is -2.32. The minimum Gasteiger partial charge on any atom is -0.372 e. The van der Waals surface area contributed by atoms with Crippen LogP contribution in [0.25, 0.3) is 6.08 Å². The molecule has 0 aromatic heterocycles. The van der Waals surface area contributed by atoms with Crippen LogP contribution in [0.5, 0.6) is 0 Å². The molecule has 3 rings (SSSR count). The number of hydrogen-bond acceptors (Lipinski definition) is 4. The Morgan fingerprint density at radius 2 is 1.76 bits per heavy atom. The Morgan fingerprint density at radius 3 is 2.34 bits per heavy atom. The van der Waals surface area contributed by atoms with Crippen molar-refractivity contribution in [1.82, 2.24) is 5.32 Å². The van der Waals surface area contributed by atoms with Crippen molar-refractivity contribution >= 4 is 23.4 Å². The Hall–Kier alpha value is -3.15. The van der Waals surface area contributed by atoms with Gasteiger partial charge in [0.05, 0.1) is 11.0 Å². The lowest BCUT2D eigenvalue weighted by Gasteiger charge is -2.32. The second kappa shape index (κ2) is 9.37. The summed E-state index contributed by atoms with van der Waals surface area (Å²) < 4.78 is 0. The smallest absolute Gasteiger partial charge is 0.269 e. The number of nitrogens with one attached hydrogen (secondary N) is 1. The van der Waals surface area contributed by atoms with Crippen molar-refractivity contribution in [3.8, 4) is 0 Å². The molecule has 1 amide bonds. The molecule has 6 nitrogen and oxygen atoms in total. The maximum absolute atomic E-state index is 12.2. The van der Waals surface area contributed by atoms with Gasteiger partial charge in [-0.15, -0.1) is 0 Å². The molecule has 1 saturated heterocycles. The number of rotatable bonds is 6. The third-order valence-corrected chi connectivity index (χ3v) is 5.43. The zero-order chi connectivity index (χ0) is 20.8. The molecule has 1 N–H and O–H groups in total. The molecular weight excluding hydrogens is 366 g/mol. The summed E-state index contributed by atoms with van der Waals surface area (Å²) in [6, 6.07) is 14.4.